The molecule has 0 spiro atoms. The molecular formula is C15H24N2O2. The number of nitrogen functional groups attached to an aromatic ring is 1. The first-order valence-corrected chi connectivity index (χ1v) is 7.09. The third-order valence-corrected chi connectivity index (χ3v) is 3.94. The van der Waals surface area contributed by atoms with Gasteiger partial charge in [-0.05, 0) is 43.5 Å². The summed E-state index contributed by atoms with van der Waals surface area (Å²) in [6, 6.07) is 7.80. The maximum atomic E-state index is 10.3. The van der Waals surface area contributed by atoms with Crippen LogP contribution in [-0.2, 0) is 0 Å². The number of nitrogens with two attached hydrogens (primary N) is 1. The molecule has 2 rings (SSSR count). The summed E-state index contributed by atoms with van der Waals surface area (Å²) in [5.41, 5.74) is 7.27. The second-order valence-electron chi connectivity index (χ2n) is 5.34. The van der Waals surface area contributed by atoms with Gasteiger partial charge in [-0.25, -0.2) is 0 Å². The van der Waals surface area contributed by atoms with Crippen LogP contribution in [0.3, 0.4) is 0 Å². The Kier molecular flexibility index (Phi) is 5.19. The van der Waals surface area contributed by atoms with Crippen LogP contribution < -0.4 is 5.73 Å². The number of nitrogens with zero attached hydrogens (tertiary/aromatic N) is 1. The Morgan fingerprint density at radius 3 is 2.68 bits per heavy atom. The minimum atomic E-state index is -0.486. The third-order valence-electron chi connectivity index (χ3n) is 3.94. The first-order chi connectivity index (χ1) is 9.20. The molecule has 0 aromatic heterocycles. The minimum absolute atomic E-state index is 0.221. The van der Waals surface area contributed by atoms with Crippen molar-refractivity contribution in [2.24, 2.45) is 0 Å². The van der Waals surface area contributed by atoms with Gasteiger partial charge in [-0.15, -0.1) is 0 Å². The van der Waals surface area contributed by atoms with Crippen LogP contribution in [0.25, 0.3) is 0 Å². The van der Waals surface area contributed by atoms with Crippen molar-refractivity contribution in [3.8, 4) is 0 Å². The van der Waals surface area contributed by atoms with E-state index in [1.54, 1.807) is 0 Å². The predicted molar refractivity (Wildman–Crippen MR) is 76.7 cm³/mol. The molecule has 4 nitrogen and oxygen atoms in total. The van der Waals surface area contributed by atoms with E-state index in [4.69, 9.17) is 10.8 Å². The van der Waals surface area contributed by atoms with Gasteiger partial charge in [-0.2, -0.15) is 0 Å². The van der Waals surface area contributed by atoms with Crippen molar-refractivity contribution >= 4 is 5.69 Å². The molecule has 1 fully saturated rings. The highest BCUT2D eigenvalue weighted by Gasteiger charge is 2.24. The van der Waals surface area contributed by atoms with Gasteiger partial charge in [0.05, 0.1) is 6.10 Å². The van der Waals surface area contributed by atoms with E-state index in [9.17, 15) is 5.11 Å². The van der Waals surface area contributed by atoms with Gasteiger partial charge >= 0.3 is 0 Å². The second-order valence-corrected chi connectivity index (χ2v) is 5.34. The van der Waals surface area contributed by atoms with E-state index in [-0.39, 0.29) is 6.61 Å². The monoisotopic (exact) mass is 264 g/mol. The van der Waals surface area contributed by atoms with E-state index in [1.807, 2.05) is 24.3 Å². The number of piperidine rings is 1. The summed E-state index contributed by atoms with van der Waals surface area (Å²) in [5.74, 6) is 0. The van der Waals surface area contributed by atoms with Crippen molar-refractivity contribution in [3.05, 3.63) is 29.8 Å². The van der Waals surface area contributed by atoms with Crippen molar-refractivity contribution in [2.75, 3.05) is 25.4 Å². The fourth-order valence-electron chi connectivity index (χ4n) is 2.82. The molecule has 0 saturated carbocycles. The minimum Gasteiger partial charge on any atom is -0.399 e. The number of anilines is 1. The van der Waals surface area contributed by atoms with Gasteiger partial charge in [0.2, 0.25) is 0 Å². The highest BCUT2D eigenvalue weighted by Crippen LogP contribution is 2.23. The van der Waals surface area contributed by atoms with Crippen LogP contribution in [0.15, 0.2) is 24.3 Å². The van der Waals surface area contributed by atoms with Crippen LogP contribution in [0.1, 0.15) is 37.4 Å². The van der Waals surface area contributed by atoms with E-state index in [0.717, 1.165) is 24.9 Å². The second kappa shape index (κ2) is 6.89. The SMILES string of the molecule is Nc1ccc(C(O)CN2CCCCC2CCO)cc1. The van der Waals surface area contributed by atoms with E-state index in [1.165, 1.54) is 12.8 Å². The lowest BCUT2D eigenvalue weighted by Gasteiger charge is -2.36. The summed E-state index contributed by atoms with van der Waals surface area (Å²) in [4.78, 5) is 2.31. The van der Waals surface area contributed by atoms with Gasteiger partial charge in [0.25, 0.3) is 0 Å². The summed E-state index contributed by atoms with van der Waals surface area (Å²) in [7, 11) is 0. The van der Waals surface area contributed by atoms with Gasteiger partial charge in [-0.3, -0.25) is 4.90 Å². The molecule has 0 aliphatic carbocycles. The molecule has 4 N–H and O–H groups in total. The van der Waals surface area contributed by atoms with Gasteiger partial charge in [0, 0.05) is 24.9 Å². The molecule has 19 heavy (non-hydrogen) atoms. The Morgan fingerprint density at radius 1 is 1.26 bits per heavy atom. The van der Waals surface area contributed by atoms with Gasteiger partial charge in [0.15, 0.2) is 0 Å². The maximum absolute atomic E-state index is 10.3. The van der Waals surface area contributed by atoms with Crippen LogP contribution in [0.5, 0.6) is 0 Å². The molecule has 2 atom stereocenters. The summed E-state index contributed by atoms with van der Waals surface area (Å²) in [6.45, 7) is 1.87. The highest BCUT2D eigenvalue weighted by molar-refractivity contribution is 5.39. The molecule has 1 aliphatic heterocycles. The number of benzene rings is 1. The quantitative estimate of drug-likeness (QED) is 0.706. The van der Waals surface area contributed by atoms with Crippen molar-refractivity contribution < 1.29 is 10.2 Å². The zero-order valence-electron chi connectivity index (χ0n) is 11.3. The zero-order valence-corrected chi connectivity index (χ0v) is 11.3. The third kappa shape index (κ3) is 3.93. The number of β-amino-alcohol motifs (C(OH)–C–C–N with tert-alkyl or cyclic N) is 1. The average molecular weight is 264 g/mol. The number of hydrogen-bond acceptors (Lipinski definition) is 4. The Bertz CT molecular complexity index is 378. The molecule has 2 unspecified atom stereocenters. The van der Waals surface area contributed by atoms with Crippen LogP contribution in [0.2, 0.25) is 0 Å². The van der Waals surface area contributed by atoms with Crippen LogP contribution in [0.4, 0.5) is 5.69 Å². The first-order valence-electron chi connectivity index (χ1n) is 7.09. The molecule has 0 radical (unpaired) electrons. The summed E-state index contributed by atoms with van der Waals surface area (Å²) >= 11 is 0. The normalized spacial score (nSPS) is 22.3. The predicted octanol–water partition coefficient (Wildman–Crippen LogP) is 1.54. The van der Waals surface area contributed by atoms with Crippen LogP contribution >= 0.6 is 0 Å². The van der Waals surface area contributed by atoms with Gasteiger partial charge in [0.1, 0.15) is 0 Å². The number of hydrogen-bond donors (Lipinski definition) is 3. The van der Waals surface area contributed by atoms with E-state index in [0.29, 0.717) is 18.3 Å². The van der Waals surface area contributed by atoms with Crippen molar-refractivity contribution in [2.45, 2.75) is 37.8 Å². The number of rotatable bonds is 5. The fourth-order valence-corrected chi connectivity index (χ4v) is 2.82. The van der Waals surface area contributed by atoms with Gasteiger partial charge in [-0.1, -0.05) is 18.6 Å². The summed E-state index contributed by atoms with van der Waals surface area (Å²) in [6.07, 6.45) is 3.83. The van der Waals surface area contributed by atoms with Crippen LogP contribution in [0, 0.1) is 0 Å². The fraction of sp³-hybridized carbons (Fsp3) is 0.600. The smallest absolute Gasteiger partial charge is 0.0917 e. The first kappa shape index (κ1) is 14.3. The average Bonchev–Trinajstić information content (AvgIpc) is 2.42. The van der Waals surface area contributed by atoms with E-state index in [2.05, 4.69) is 4.90 Å². The van der Waals surface area contributed by atoms with E-state index >= 15 is 0 Å². The molecule has 106 valence electrons. The summed E-state index contributed by atoms with van der Waals surface area (Å²) in [5, 5.41) is 19.4. The highest BCUT2D eigenvalue weighted by atomic mass is 16.3. The lowest BCUT2D eigenvalue weighted by Crippen LogP contribution is -2.42. The van der Waals surface area contributed by atoms with Crippen molar-refractivity contribution in [1.29, 1.82) is 0 Å². The summed E-state index contributed by atoms with van der Waals surface area (Å²) < 4.78 is 0. The Morgan fingerprint density at radius 2 is 2.00 bits per heavy atom. The molecule has 0 bridgehead atoms. The van der Waals surface area contributed by atoms with Crippen LogP contribution in [-0.4, -0.2) is 40.9 Å². The van der Waals surface area contributed by atoms with E-state index < -0.39 is 6.10 Å². The molecule has 1 aliphatic rings. The largest absolute Gasteiger partial charge is 0.399 e. The Labute approximate surface area is 114 Å². The molecule has 1 heterocycles. The Hall–Kier alpha value is -1.10. The number of likely N-dealkylation sites (tertiary alicyclic amines) is 1. The van der Waals surface area contributed by atoms with Gasteiger partial charge < -0.3 is 15.9 Å². The van der Waals surface area contributed by atoms with Crippen molar-refractivity contribution in [3.63, 3.8) is 0 Å². The maximum Gasteiger partial charge on any atom is 0.0917 e. The molecule has 1 aromatic carbocycles. The lowest BCUT2D eigenvalue weighted by molar-refractivity contribution is 0.0565. The van der Waals surface area contributed by atoms with Crippen molar-refractivity contribution in [1.82, 2.24) is 4.90 Å². The topological polar surface area (TPSA) is 69.7 Å². The Balaban J connectivity index is 1.96. The molecular weight excluding hydrogens is 240 g/mol. The molecule has 1 aromatic rings. The standard InChI is InChI=1S/C15H24N2O2/c16-13-6-4-12(5-7-13)15(19)11-17-9-2-1-3-14(17)8-10-18/h4-7,14-15,18-19H,1-3,8-11,16H2. The molecule has 1 saturated heterocycles. The lowest BCUT2D eigenvalue weighted by atomic mass is 9.98. The molecule has 0 amide bonds. The number of aliphatic hydroxyl groups excluding tert-OH is 2. The number of aliphatic hydroxyl groups is 2. The molecule has 4 heteroatoms. The zero-order chi connectivity index (χ0) is 13.7.